The Morgan fingerprint density at radius 3 is 2.39 bits per heavy atom. The van der Waals surface area contributed by atoms with Crippen molar-refractivity contribution in [2.45, 2.75) is 12.8 Å². The average molecular weight is 521 g/mol. The molecule has 0 fully saturated rings. The summed E-state index contributed by atoms with van der Waals surface area (Å²) in [6, 6.07) is 15.4. The number of carboxylic acid groups (broad SMARTS) is 1. The summed E-state index contributed by atoms with van der Waals surface area (Å²) in [6.45, 7) is 0.221. The lowest BCUT2D eigenvalue weighted by molar-refractivity contribution is -0.137. The molecule has 0 saturated heterocycles. The van der Waals surface area contributed by atoms with Gasteiger partial charge in [0.1, 0.15) is 12.4 Å². The van der Waals surface area contributed by atoms with Crippen molar-refractivity contribution < 1.29 is 32.6 Å². The normalized spacial score (nSPS) is 11.4. The largest absolute Gasteiger partial charge is 0.488 e. The summed E-state index contributed by atoms with van der Waals surface area (Å²) in [4.78, 5) is 22.9. The zero-order valence-corrected chi connectivity index (χ0v) is 18.4. The van der Waals surface area contributed by atoms with Gasteiger partial charge in [0.2, 0.25) is 0 Å². The van der Waals surface area contributed by atoms with Crippen LogP contribution in [0.3, 0.4) is 0 Å². The predicted molar refractivity (Wildman–Crippen MR) is 118 cm³/mol. The fourth-order valence-electron chi connectivity index (χ4n) is 2.69. The summed E-state index contributed by atoms with van der Waals surface area (Å²) in [5.74, 6) is -1.25. The van der Waals surface area contributed by atoms with E-state index in [-0.39, 0.29) is 17.7 Å². The Hall–Kier alpha value is -3.66. The molecular weight excluding hydrogens is 505 g/mol. The smallest absolute Gasteiger partial charge is 0.416 e. The number of carbonyl (C=O) groups excluding carboxylic acids is 1. The SMILES string of the molecule is O=C(O)c1ccc(COc2ccc(/C=N\NC(=O)c3cccc(C(F)(F)F)c3)cc2Br)cc1. The summed E-state index contributed by atoms with van der Waals surface area (Å²) in [5.41, 5.74) is 2.68. The van der Waals surface area contributed by atoms with Crippen molar-refractivity contribution in [3.05, 3.63) is 99.0 Å². The van der Waals surface area contributed by atoms with E-state index in [1.54, 1.807) is 30.3 Å². The molecule has 3 aromatic carbocycles. The minimum absolute atomic E-state index is 0.164. The number of ether oxygens (including phenoxy) is 1. The van der Waals surface area contributed by atoms with Crippen molar-refractivity contribution in [1.29, 1.82) is 0 Å². The highest BCUT2D eigenvalue weighted by Gasteiger charge is 2.30. The zero-order chi connectivity index (χ0) is 24.0. The lowest BCUT2D eigenvalue weighted by atomic mass is 10.1. The van der Waals surface area contributed by atoms with Crippen LogP contribution in [-0.4, -0.2) is 23.2 Å². The number of carbonyl (C=O) groups is 2. The van der Waals surface area contributed by atoms with E-state index in [2.05, 4.69) is 26.5 Å². The molecule has 0 aliphatic heterocycles. The van der Waals surface area contributed by atoms with Crippen LogP contribution in [0.4, 0.5) is 13.2 Å². The Morgan fingerprint density at radius 1 is 1.03 bits per heavy atom. The van der Waals surface area contributed by atoms with E-state index in [4.69, 9.17) is 9.84 Å². The molecule has 0 radical (unpaired) electrons. The van der Waals surface area contributed by atoms with E-state index in [0.717, 1.165) is 23.8 Å². The highest BCUT2D eigenvalue weighted by atomic mass is 79.9. The molecule has 0 spiro atoms. The maximum atomic E-state index is 12.8. The van der Waals surface area contributed by atoms with Crippen LogP contribution in [0.25, 0.3) is 0 Å². The van der Waals surface area contributed by atoms with Crippen LogP contribution < -0.4 is 10.2 Å². The molecule has 170 valence electrons. The number of nitrogens with zero attached hydrogens (tertiary/aromatic N) is 1. The summed E-state index contributed by atoms with van der Waals surface area (Å²) >= 11 is 3.38. The summed E-state index contributed by atoms with van der Waals surface area (Å²) < 4.78 is 44.6. The summed E-state index contributed by atoms with van der Waals surface area (Å²) in [7, 11) is 0. The van der Waals surface area contributed by atoms with E-state index in [0.29, 0.717) is 15.8 Å². The number of carboxylic acids is 1. The van der Waals surface area contributed by atoms with Crippen LogP contribution in [0, 0.1) is 0 Å². The first-order chi connectivity index (χ1) is 15.6. The van der Waals surface area contributed by atoms with E-state index >= 15 is 0 Å². The number of rotatable bonds is 7. The standard InChI is InChI=1S/C23H16BrF3N2O4/c24-19-10-15(6-9-20(19)33-13-14-4-7-16(8-5-14)22(31)32)12-28-29-21(30)17-2-1-3-18(11-17)23(25,26)27/h1-12H,13H2,(H,29,30)(H,31,32)/b28-12-. The fraction of sp³-hybridized carbons (Fsp3) is 0.0870. The van der Waals surface area contributed by atoms with Gasteiger partial charge in [0, 0.05) is 5.56 Å². The Bertz CT molecular complexity index is 1200. The number of halogens is 4. The van der Waals surface area contributed by atoms with Gasteiger partial charge in [0.15, 0.2) is 0 Å². The van der Waals surface area contributed by atoms with Crippen LogP contribution >= 0.6 is 15.9 Å². The van der Waals surface area contributed by atoms with E-state index in [9.17, 15) is 22.8 Å². The lowest BCUT2D eigenvalue weighted by Crippen LogP contribution is -2.18. The van der Waals surface area contributed by atoms with Gasteiger partial charge in [-0.15, -0.1) is 0 Å². The molecule has 0 atom stereocenters. The lowest BCUT2D eigenvalue weighted by Gasteiger charge is -2.09. The Kier molecular flexibility index (Phi) is 7.49. The van der Waals surface area contributed by atoms with Gasteiger partial charge in [-0.3, -0.25) is 4.79 Å². The van der Waals surface area contributed by atoms with Gasteiger partial charge in [-0.1, -0.05) is 18.2 Å². The van der Waals surface area contributed by atoms with Crippen LogP contribution in [0.15, 0.2) is 76.3 Å². The molecule has 0 unspecified atom stereocenters. The second-order valence-corrected chi connectivity index (χ2v) is 7.61. The van der Waals surface area contributed by atoms with Crippen molar-refractivity contribution >= 4 is 34.0 Å². The van der Waals surface area contributed by atoms with Crippen LogP contribution in [0.1, 0.15) is 37.4 Å². The third-order valence-corrected chi connectivity index (χ3v) is 5.00. The second kappa shape index (κ2) is 10.3. The summed E-state index contributed by atoms with van der Waals surface area (Å²) in [5, 5.41) is 12.7. The molecular formula is C23H16BrF3N2O4. The van der Waals surface area contributed by atoms with E-state index < -0.39 is 23.6 Å². The Balaban J connectivity index is 1.58. The molecule has 0 aliphatic carbocycles. The number of hydrazone groups is 1. The number of benzene rings is 3. The number of alkyl halides is 3. The maximum absolute atomic E-state index is 12.8. The van der Waals surface area contributed by atoms with Gasteiger partial charge in [-0.25, -0.2) is 10.2 Å². The molecule has 2 N–H and O–H groups in total. The van der Waals surface area contributed by atoms with Crippen molar-refractivity contribution in [2.75, 3.05) is 0 Å². The first-order valence-electron chi connectivity index (χ1n) is 9.39. The molecule has 0 heterocycles. The molecule has 3 rings (SSSR count). The molecule has 0 saturated carbocycles. The fourth-order valence-corrected chi connectivity index (χ4v) is 3.20. The molecule has 6 nitrogen and oxygen atoms in total. The van der Waals surface area contributed by atoms with E-state index in [1.165, 1.54) is 24.4 Å². The predicted octanol–water partition coefficient (Wildman–Crippen LogP) is 5.51. The molecule has 1 amide bonds. The second-order valence-electron chi connectivity index (χ2n) is 6.76. The number of aromatic carboxylic acids is 1. The van der Waals surface area contributed by atoms with Gasteiger partial charge in [0.25, 0.3) is 5.91 Å². The van der Waals surface area contributed by atoms with Crippen LogP contribution in [0.2, 0.25) is 0 Å². The minimum atomic E-state index is -4.54. The van der Waals surface area contributed by atoms with Crippen molar-refractivity contribution in [2.24, 2.45) is 5.10 Å². The summed E-state index contributed by atoms with van der Waals surface area (Å²) in [6.07, 6.45) is -3.21. The van der Waals surface area contributed by atoms with Gasteiger partial charge in [0.05, 0.1) is 21.8 Å². The topological polar surface area (TPSA) is 88.0 Å². The first kappa shape index (κ1) is 24.0. The highest BCUT2D eigenvalue weighted by molar-refractivity contribution is 9.10. The van der Waals surface area contributed by atoms with Crippen molar-refractivity contribution in [1.82, 2.24) is 5.43 Å². The van der Waals surface area contributed by atoms with Gasteiger partial charge >= 0.3 is 12.1 Å². The van der Waals surface area contributed by atoms with Crippen molar-refractivity contribution in [3.63, 3.8) is 0 Å². The quantitative estimate of drug-likeness (QED) is 0.317. The first-order valence-corrected chi connectivity index (χ1v) is 10.2. The maximum Gasteiger partial charge on any atom is 0.416 e. The minimum Gasteiger partial charge on any atom is -0.488 e. The molecule has 33 heavy (non-hydrogen) atoms. The molecule has 10 heteroatoms. The number of nitrogens with one attached hydrogen (secondary N) is 1. The van der Waals surface area contributed by atoms with E-state index in [1.807, 2.05) is 0 Å². The Labute approximate surface area is 194 Å². The molecule has 0 aromatic heterocycles. The van der Waals surface area contributed by atoms with Gasteiger partial charge in [-0.05, 0) is 75.6 Å². The van der Waals surface area contributed by atoms with Crippen LogP contribution in [0.5, 0.6) is 5.75 Å². The third-order valence-electron chi connectivity index (χ3n) is 4.38. The van der Waals surface area contributed by atoms with Gasteiger partial charge in [-0.2, -0.15) is 18.3 Å². The monoisotopic (exact) mass is 520 g/mol. The molecule has 0 bridgehead atoms. The van der Waals surface area contributed by atoms with Crippen molar-refractivity contribution in [3.8, 4) is 5.75 Å². The number of hydrogen-bond acceptors (Lipinski definition) is 4. The van der Waals surface area contributed by atoms with Crippen LogP contribution in [-0.2, 0) is 12.8 Å². The molecule has 3 aromatic rings. The van der Waals surface area contributed by atoms with Gasteiger partial charge < -0.3 is 9.84 Å². The average Bonchev–Trinajstić information content (AvgIpc) is 2.78. The third kappa shape index (κ3) is 6.66. The molecule has 0 aliphatic rings. The number of hydrogen-bond donors (Lipinski definition) is 2. The number of amides is 1. The zero-order valence-electron chi connectivity index (χ0n) is 16.8. The Morgan fingerprint density at radius 2 is 1.76 bits per heavy atom. The highest BCUT2D eigenvalue weighted by Crippen LogP contribution is 2.29.